The summed E-state index contributed by atoms with van der Waals surface area (Å²) in [5.41, 5.74) is 7.58. The zero-order chi connectivity index (χ0) is 29.9. The van der Waals surface area contributed by atoms with E-state index in [9.17, 15) is 18.0 Å². The van der Waals surface area contributed by atoms with Crippen LogP contribution in [0.2, 0.25) is 0 Å². The van der Waals surface area contributed by atoms with Crippen LogP contribution >= 0.6 is 0 Å². The molecule has 1 aliphatic rings. The number of nitrogens with two attached hydrogens (primary N) is 1. The van der Waals surface area contributed by atoms with Crippen LogP contribution in [0.3, 0.4) is 0 Å². The number of nitrogens with zero attached hydrogens (tertiary/aromatic N) is 5. The molecule has 0 atom stereocenters. The molecule has 216 valence electrons. The van der Waals surface area contributed by atoms with Gasteiger partial charge >= 0.3 is 5.97 Å². The van der Waals surface area contributed by atoms with Crippen LogP contribution in [0.1, 0.15) is 74.3 Å². The van der Waals surface area contributed by atoms with Crippen molar-refractivity contribution in [2.75, 3.05) is 11.9 Å². The molecule has 1 aliphatic carbocycles. The van der Waals surface area contributed by atoms with Crippen molar-refractivity contribution >= 4 is 23.3 Å². The summed E-state index contributed by atoms with van der Waals surface area (Å²) in [7, 11) is 0. The summed E-state index contributed by atoms with van der Waals surface area (Å²) < 4.78 is 48.4. The lowest BCUT2D eigenvalue weighted by atomic mass is 10.0. The smallest absolute Gasteiger partial charge is 0.342 e. The van der Waals surface area contributed by atoms with E-state index in [1.165, 1.54) is 31.5 Å². The van der Waals surface area contributed by atoms with Crippen molar-refractivity contribution in [1.29, 1.82) is 0 Å². The number of carbonyl (C=O) groups is 1. The molecule has 1 aromatic carbocycles. The van der Waals surface area contributed by atoms with Crippen LogP contribution in [0, 0.1) is 12.7 Å². The number of alkyl halides is 2. The van der Waals surface area contributed by atoms with Gasteiger partial charge in [-0.25, -0.2) is 32.6 Å². The lowest BCUT2D eigenvalue weighted by Crippen LogP contribution is -2.25. The molecular formula is C29H32F3N7O2. The normalized spacial score (nSPS) is 14.1. The topological polar surface area (TPSA) is 120 Å². The van der Waals surface area contributed by atoms with Gasteiger partial charge in [0.05, 0.1) is 12.2 Å². The van der Waals surface area contributed by atoms with E-state index in [4.69, 9.17) is 15.5 Å². The maximum absolute atomic E-state index is 14.3. The Hall–Kier alpha value is -4.48. The molecule has 0 saturated heterocycles. The first-order chi connectivity index (χ1) is 19.4. The molecule has 2 aromatic heterocycles. The minimum Gasteiger partial charge on any atom is -0.456 e. The van der Waals surface area contributed by atoms with Gasteiger partial charge in [0.2, 0.25) is 0 Å². The first kappa shape index (κ1) is 29.5. The zero-order valence-electron chi connectivity index (χ0n) is 23.5. The maximum Gasteiger partial charge on any atom is 0.342 e. The third-order valence-electron chi connectivity index (χ3n) is 6.07. The van der Waals surface area contributed by atoms with Gasteiger partial charge in [-0.15, -0.1) is 0 Å². The van der Waals surface area contributed by atoms with Gasteiger partial charge in [0.15, 0.2) is 5.82 Å². The highest BCUT2D eigenvalue weighted by atomic mass is 19.3. The van der Waals surface area contributed by atoms with E-state index < -0.39 is 23.7 Å². The third kappa shape index (κ3) is 7.19. The molecule has 2 heterocycles. The van der Waals surface area contributed by atoms with Crippen molar-refractivity contribution in [1.82, 2.24) is 19.7 Å². The van der Waals surface area contributed by atoms with Crippen molar-refractivity contribution in [2.24, 2.45) is 10.7 Å². The van der Waals surface area contributed by atoms with Gasteiger partial charge in [-0.1, -0.05) is 13.0 Å². The highest BCUT2D eigenvalue weighted by molar-refractivity contribution is 6.12. The lowest BCUT2D eigenvalue weighted by Gasteiger charge is -2.19. The Labute approximate surface area is 236 Å². The summed E-state index contributed by atoms with van der Waals surface area (Å²) in [6.45, 7) is 8.75. The van der Waals surface area contributed by atoms with E-state index in [0.717, 1.165) is 16.7 Å². The second kappa shape index (κ2) is 11.9. The van der Waals surface area contributed by atoms with Crippen molar-refractivity contribution in [3.05, 3.63) is 82.2 Å². The van der Waals surface area contributed by atoms with Gasteiger partial charge in [-0.2, -0.15) is 5.10 Å². The van der Waals surface area contributed by atoms with Crippen LogP contribution in [-0.4, -0.2) is 43.7 Å². The molecule has 0 spiro atoms. The summed E-state index contributed by atoms with van der Waals surface area (Å²) in [6, 6.07) is 7.23. The number of esters is 1. The van der Waals surface area contributed by atoms with Gasteiger partial charge in [-0.05, 0) is 75.9 Å². The third-order valence-corrected chi connectivity index (χ3v) is 6.07. The Kier molecular flexibility index (Phi) is 8.60. The molecule has 3 N–H and O–H groups in total. The number of allylic oxidation sites excluding steroid dienone is 1. The monoisotopic (exact) mass is 567 g/mol. The summed E-state index contributed by atoms with van der Waals surface area (Å²) in [6.07, 6.45) is 1.56. The first-order valence-corrected chi connectivity index (χ1v) is 13.1. The van der Waals surface area contributed by atoms with Gasteiger partial charge in [0.1, 0.15) is 40.7 Å². The summed E-state index contributed by atoms with van der Waals surface area (Å²) in [5.74, 6) is -0.613. The van der Waals surface area contributed by atoms with E-state index in [1.54, 1.807) is 32.9 Å². The molecule has 3 aromatic rings. The fourth-order valence-electron chi connectivity index (χ4n) is 4.04. The van der Waals surface area contributed by atoms with Crippen LogP contribution in [0.4, 0.5) is 19.0 Å². The molecular weight excluding hydrogens is 535 g/mol. The van der Waals surface area contributed by atoms with Crippen LogP contribution in [0.15, 0.2) is 58.9 Å². The highest BCUT2D eigenvalue weighted by Gasteiger charge is 2.32. The summed E-state index contributed by atoms with van der Waals surface area (Å²) in [5, 5.41) is 7.34. The van der Waals surface area contributed by atoms with E-state index >= 15 is 0 Å². The number of benzene rings is 1. The van der Waals surface area contributed by atoms with Gasteiger partial charge < -0.3 is 15.8 Å². The van der Waals surface area contributed by atoms with Crippen LogP contribution in [-0.2, 0) is 4.74 Å². The molecule has 0 fully saturated rings. The van der Waals surface area contributed by atoms with Crippen LogP contribution in [0.25, 0.3) is 11.5 Å². The SMILES string of the molecule is CCC(C(=NCC1=CC1)Nc1cc(-n2nc(C)c(C(=O)OC(C)(C)C)c2C(F)F)ncn1)=C(N)c1ccc(F)cc1. The largest absolute Gasteiger partial charge is 0.456 e. The molecule has 0 unspecified atom stereocenters. The summed E-state index contributed by atoms with van der Waals surface area (Å²) >= 11 is 0. The number of halogens is 3. The average molecular weight is 568 g/mol. The second-order valence-electron chi connectivity index (χ2n) is 10.4. The average Bonchev–Trinajstić information content (AvgIpc) is 3.66. The van der Waals surface area contributed by atoms with Crippen molar-refractivity contribution in [2.45, 2.75) is 59.5 Å². The molecule has 41 heavy (non-hydrogen) atoms. The number of ether oxygens (including phenoxy) is 1. The standard InChI is InChI=1S/C29H32F3N7O2/c1-6-20(24(33)18-9-11-19(30)12-10-18)27(34-14-17-7-8-17)37-21-13-22(36-15-35-21)39-25(26(31)32)23(16(2)38-39)28(40)41-29(3,4)5/h7,9-13,15,26H,6,8,14,33H2,1-5H3,(H,34,35,36,37). The minimum absolute atomic E-state index is 0.00787. The Morgan fingerprint density at radius 2 is 1.90 bits per heavy atom. The number of rotatable bonds is 9. The van der Waals surface area contributed by atoms with Crippen molar-refractivity contribution in [3.63, 3.8) is 0 Å². The Balaban J connectivity index is 1.73. The number of hydrogen-bond donors (Lipinski definition) is 2. The van der Waals surface area contributed by atoms with Crippen molar-refractivity contribution < 1.29 is 22.7 Å². The predicted molar refractivity (Wildman–Crippen MR) is 150 cm³/mol. The molecule has 0 saturated carbocycles. The number of carbonyl (C=O) groups excluding carboxylic acids is 1. The summed E-state index contributed by atoms with van der Waals surface area (Å²) in [4.78, 5) is 25.9. The van der Waals surface area contributed by atoms with Crippen LogP contribution < -0.4 is 11.1 Å². The van der Waals surface area contributed by atoms with Gasteiger partial charge in [0.25, 0.3) is 6.43 Å². The highest BCUT2D eigenvalue weighted by Crippen LogP contribution is 2.30. The van der Waals surface area contributed by atoms with E-state index in [1.807, 2.05) is 6.92 Å². The number of hydrogen-bond acceptors (Lipinski definition) is 7. The number of nitrogens with one attached hydrogen (secondary N) is 1. The first-order valence-electron chi connectivity index (χ1n) is 13.1. The van der Waals surface area contributed by atoms with Gasteiger partial charge in [0, 0.05) is 17.3 Å². The number of anilines is 1. The van der Waals surface area contributed by atoms with Crippen molar-refractivity contribution in [3.8, 4) is 5.82 Å². The molecule has 12 heteroatoms. The molecule has 0 amide bonds. The number of aryl methyl sites for hydroxylation is 1. The number of aromatic nitrogens is 4. The van der Waals surface area contributed by atoms with Gasteiger partial charge in [-0.3, -0.25) is 4.99 Å². The van der Waals surface area contributed by atoms with E-state index in [0.29, 0.717) is 35.6 Å². The molecule has 9 nitrogen and oxygen atoms in total. The second-order valence-corrected chi connectivity index (χ2v) is 10.4. The lowest BCUT2D eigenvalue weighted by molar-refractivity contribution is 0.00607. The molecule has 0 radical (unpaired) electrons. The fourth-order valence-corrected chi connectivity index (χ4v) is 4.04. The molecule has 4 rings (SSSR count). The maximum atomic E-state index is 14.3. The fraction of sp³-hybridized carbons (Fsp3) is 0.345. The predicted octanol–water partition coefficient (Wildman–Crippen LogP) is 5.92. The quantitative estimate of drug-likeness (QED) is 0.142. The molecule has 0 aliphatic heterocycles. The van der Waals surface area contributed by atoms with E-state index in [-0.39, 0.29) is 28.7 Å². The van der Waals surface area contributed by atoms with E-state index in [2.05, 4.69) is 26.5 Å². The number of aliphatic imine (C=N–C) groups is 1. The Morgan fingerprint density at radius 1 is 1.22 bits per heavy atom. The van der Waals surface area contributed by atoms with Crippen LogP contribution in [0.5, 0.6) is 0 Å². The Bertz CT molecular complexity index is 1530. The molecule has 0 bridgehead atoms. The minimum atomic E-state index is -3.04. The zero-order valence-corrected chi connectivity index (χ0v) is 23.5. The number of amidine groups is 1. The Morgan fingerprint density at radius 3 is 2.49 bits per heavy atom.